The van der Waals surface area contributed by atoms with Gasteiger partial charge in [0.05, 0.1) is 15.4 Å². The summed E-state index contributed by atoms with van der Waals surface area (Å²) in [4.78, 5) is 45.4. The first-order chi connectivity index (χ1) is 13.6. The SMILES string of the molecule is CS(=O)(=O)c1ccc(C(=O)OCC(=O)NNC(=O)c2ccc([N+](=O)[O-])cc2)cc1. The summed E-state index contributed by atoms with van der Waals surface area (Å²) in [5.41, 5.74) is 4.01. The Balaban J connectivity index is 1.82. The van der Waals surface area contributed by atoms with Crippen molar-refractivity contribution in [1.29, 1.82) is 0 Å². The molecule has 152 valence electrons. The number of hydrogen-bond acceptors (Lipinski definition) is 8. The van der Waals surface area contributed by atoms with Gasteiger partial charge in [0.15, 0.2) is 16.4 Å². The number of rotatable bonds is 6. The van der Waals surface area contributed by atoms with E-state index in [-0.39, 0.29) is 21.7 Å². The third-order valence-corrected chi connectivity index (χ3v) is 4.64. The predicted molar refractivity (Wildman–Crippen MR) is 98.5 cm³/mol. The van der Waals surface area contributed by atoms with Crippen LogP contribution in [0.3, 0.4) is 0 Å². The Morgan fingerprint density at radius 3 is 2.03 bits per heavy atom. The van der Waals surface area contributed by atoms with Gasteiger partial charge in [-0.3, -0.25) is 30.6 Å². The van der Waals surface area contributed by atoms with Gasteiger partial charge in [-0.25, -0.2) is 13.2 Å². The summed E-state index contributed by atoms with van der Waals surface area (Å²) in [5, 5.41) is 10.6. The lowest BCUT2D eigenvalue weighted by molar-refractivity contribution is -0.384. The van der Waals surface area contributed by atoms with Crippen LogP contribution in [-0.4, -0.2) is 44.0 Å². The van der Waals surface area contributed by atoms with E-state index in [0.29, 0.717) is 0 Å². The van der Waals surface area contributed by atoms with Crippen LogP contribution in [0.1, 0.15) is 20.7 Å². The van der Waals surface area contributed by atoms with Gasteiger partial charge < -0.3 is 4.74 Å². The maximum atomic E-state index is 11.9. The molecular weight excluding hydrogens is 406 g/mol. The molecule has 11 nitrogen and oxygen atoms in total. The number of nitrogens with zero attached hydrogens (tertiary/aromatic N) is 1. The standard InChI is InChI=1S/C17H15N3O8S/c1-29(26,27)14-8-4-12(5-9-14)17(23)28-10-15(21)18-19-16(22)11-2-6-13(7-3-11)20(24)25/h2-9H,10H2,1H3,(H,18,21)(H,19,22). The summed E-state index contributed by atoms with van der Waals surface area (Å²) >= 11 is 0. The lowest BCUT2D eigenvalue weighted by Crippen LogP contribution is -2.43. The van der Waals surface area contributed by atoms with Crippen LogP contribution in [0.5, 0.6) is 0 Å². The second-order valence-corrected chi connectivity index (χ2v) is 7.69. The van der Waals surface area contributed by atoms with E-state index in [2.05, 4.69) is 5.43 Å². The molecule has 2 aromatic rings. The maximum Gasteiger partial charge on any atom is 0.338 e. The molecule has 0 fully saturated rings. The van der Waals surface area contributed by atoms with Crippen LogP contribution in [0.15, 0.2) is 53.4 Å². The summed E-state index contributed by atoms with van der Waals surface area (Å²) in [6, 6.07) is 9.63. The van der Waals surface area contributed by atoms with Crippen molar-refractivity contribution in [2.24, 2.45) is 0 Å². The van der Waals surface area contributed by atoms with Gasteiger partial charge in [0, 0.05) is 24.0 Å². The van der Waals surface area contributed by atoms with Gasteiger partial charge in [-0.15, -0.1) is 0 Å². The molecule has 0 saturated carbocycles. The molecule has 0 radical (unpaired) electrons. The lowest BCUT2D eigenvalue weighted by Gasteiger charge is -2.08. The monoisotopic (exact) mass is 421 g/mol. The molecule has 0 aliphatic rings. The fourth-order valence-electron chi connectivity index (χ4n) is 2.02. The molecule has 0 saturated heterocycles. The summed E-state index contributed by atoms with van der Waals surface area (Å²) in [6.07, 6.45) is 1.02. The molecule has 12 heteroatoms. The Labute approximate surface area is 164 Å². The summed E-state index contributed by atoms with van der Waals surface area (Å²) in [6.45, 7) is -0.701. The van der Waals surface area contributed by atoms with Crippen molar-refractivity contribution in [2.75, 3.05) is 12.9 Å². The summed E-state index contributed by atoms with van der Waals surface area (Å²) in [5.74, 6) is -2.42. The van der Waals surface area contributed by atoms with Crippen molar-refractivity contribution >= 4 is 33.3 Å². The van der Waals surface area contributed by atoms with Gasteiger partial charge in [-0.05, 0) is 36.4 Å². The van der Waals surface area contributed by atoms with Crippen LogP contribution in [0.25, 0.3) is 0 Å². The van der Waals surface area contributed by atoms with Crippen molar-refractivity contribution in [3.8, 4) is 0 Å². The van der Waals surface area contributed by atoms with Crippen molar-refractivity contribution in [3.05, 3.63) is 69.8 Å². The number of benzene rings is 2. The van der Waals surface area contributed by atoms with E-state index in [0.717, 1.165) is 18.4 Å². The molecule has 0 heterocycles. The second-order valence-electron chi connectivity index (χ2n) is 5.68. The molecule has 0 bridgehead atoms. The lowest BCUT2D eigenvalue weighted by atomic mass is 10.2. The number of sulfone groups is 1. The number of nitro benzene ring substituents is 1. The number of nitrogens with one attached hydrogen (secondary N) is 2. The Kier molecular flexibility index (Phi) is 6.62. The first kappa shape index (κ1) is 21.5. The van der Waals surface area contributed by atoms with E-state index < -0.39 is 39.2 Å². The zero-order valence-corrected chi connectivity index (χ0v) is 15.8. The number of hydrogen-bond donors (Lipinski definition) is 2. The molecule has 0 aliphatic heterocycles. The predicted octanol–water partition coefficient (Wildman–Crippen LogP) is 0.616. The number of ether oxygens (including phenoxy) is 1. The summed E-state index contributed by atoms with van der Waals surface area (Å²) < 4.78 is 27.5. The highest BCUT2D eigenvalue weighted by Crippen LogP contribution is 2.12. The van der Waals surface area contributed by atoms with Gasteiger partial charge >= 0.3 is 5.97 Å². The van der Waals surface area contributed by atoms with E-state index in [1.165, 1.54) is 36.4 Å². The highest BCUT2D eigenvalue weighted by Gasteiger charge is 2.14. The molecule has 0 aliphatic carbocycles. The minimum atomic E-state index is -3.41. The largest absolute Gasteiger partial charge is 0.452 e. The molecule has 29 heavy (non-hydrogen) atoms. The maximum absolute atomic E-state index is 11.9. The van der Waals surface area contributed by atoms with Gasteiger partial charge in [-0.2, -0.15) is 0 Å². The van der Waals surface area contributed by atoms with E-state index in [1.54, 1.807) is 0 Å². The van der Waals surface area contributed by atoms with E-state index in [4.69, 9.17) is 4.74 Å². The van der Waals surface area contributed by atoms with Crippen LogP contribution in [0.2, 0.25) is 0 Å². The Bertz CT molecular complexity index is 1050. The number of non-ortho nitro benzene ring substituents is 1. The average Bonchev–Trinajstić information content (AvgIpc) is 2.69. The van der Waals surface area contributed by atoms with Crippen molar-refractivity contribution in [2.45, 2.75) is 4.90 Å². The minimum Gasteiger partial charge on any atom is -0.452 e. The summed E-state index contributed by atoms with van der Waals surface area (Å²) in [7, 11) is -3.41. The van der Waals surface area contributed by atoms with E-state index >= 15 is 0 Å². The molecule has 2 aromatic carbocycles. The zero-order chi connectivity index (χ0) is 21.6. The topological polar surface area (TPSA) is 162 Å². The first-order valence-electron chi connectivity index (χ1n) is 7.89. The van der Waals surface area contributed by atoms with Gasteiger partial charge in [0.2, 0.25) is 0 Å². The van der Waals surface area contributed by atoms with Crippen molar-refractivity contribution < 1.29 is 32.5 Å². The highest BCUT2D eigenvalue weighted by molar-refractivity contribution is 7.90. The van der Waals surface area contributed by atoms with E-state index in [1.807, 2.05) is 5.43 Å². The van der Waals surface area contributed by atoms with Crippen LogP contribution in [0, 0.1) is 10.1 Å². The van der Waals surface area contributed by atoms with Gasteiger partial charge in [0.1, 0.15) is 0 Å². The first-order valence-corrected chi connectivity index (χ1v) is 9.78. The Morgan fingerprint density at radius 1 is 0.966 bits per heavy atom. The molecule has 2 N–H and O–H groups in total. The number of esters is 1. The molecule has 2 amide bonds. The van der Waals surface area contributed by atoms with Crippen LogP contribution in [0.4, 0.5) is 5.69 Å². The Hall–Kier alpha value is -3.80. The molecule has 0 aromatic heterocycles. The molecule has 0 atom stereocenters. The molecule has 0 unspecified atom stereocenters. The number of carbonyl (C=O) groups is 3. The second kappa shape index (κ2) is 8.93. The highest BCUT2D eigenvalue weighted by atomic mass is 32.2. The van der Waals surface area contributed by atoms with Crippen LogP contribution < -0.4 is 10.9 Å². The third-order valence-electron chi connectivity index (χ3n) is 3.51. The number of nitro groups is 1. The van der Waals surface area contributed by atoms with Crippen LogP contribution >= 0.6 is 0 Å². The van der Waals surface area contributed by atoms with Crippen LogP contribution in [-0.2, 0) is 19.4 Å². The van der Waals surface area contributed by atoms with Gasteiger partial charge in [0.25, 0.3) is 17.5 Å². The molecule has 2 rings (SSSR count). The third kappa shape index (κ3) is 6.10. The van der Waals surface area contributed by atoms with Crippen molar-refractivity contribution in [3.63, 3.8) is 0 Å². The van der Waals surface area contributed by atoms with Crippen molar-refractivity contribution in [1.82, 2.24) is 10.9 Å². The number of hydrazine groups is 1. The molecular formula is C17H15N3O8S. The molecule has 0 spiro atoms. The fourth-order valence-corrected chi connectivity index (χ4v) is 2.65. The normalized spacial score (nSPS) is 10.7. The average molecular weight is 421 g/mol. The zero-order valence-electron chi connectivity index (χ0n) is 14.9. The smallest absolute Gasteiger partial charge is 0.338 e. The van der Waals surface area contributed by atoms with E-state index in [9.17, 15) is 32.9 Å². The number of amides is 2. The Morgan fingerprint density at radius 2 is 1.52 bits per heavy atom. The number of carbonyl (C=O) groups excluding carboxylic acids is 3. The minimum absolute atomic E-state index is 0.0285. The van der Waals surface area contributed by atoms with Gasteiger partial charge in [-0.1, -0.05) is 0 Å². The quantitative estimate of drug-likeness (QED) is 0.389. The fraction of sp³-hybridized carbons (Fsp3) is 0.118.